The summed E-state index contributed by atoms with van der Waals surface area (Å²) in [6.07, 6.45) is 1.66. The highest BCUT2D eigenvalue weighted by molar-refractivity contribution is 7.86. The Bertz CT molecular complexity index is 1240. The molecule has 0 fully saturated rings. The Morgan fingerprint density at radius 3 is 2.47 bits per heavy atom. The molecule has 1 atom stereocenters. The van der Waals surface area contributed by atoms with E-state index < -0.39 is 11.0 Å². The van der Waals surface area contributed by atoms with Crippen molar-refractivity contribution < 1.29 is 8.95 Å². The predicted molar refractivity (Wildman–Crippen MR) is 133 cm³/mol. The maximum absolute atomic E-state index is 13.6. The number of hydrogen-bond donors (Lipinski definition) is 1. The molecule has 0 aliphatic rings. The molecular weight excluding hydrogens is 448 g/mol. The predicted octanol–water partition coefficient (Wildman–Crippen LogP) is 4.64. The number of nitrogens with zero attached hydrogens (tertiary/aromatic N) is 5. The molecule has 0 bridgehead atoms. The lowest BCUT2D eigenvalue weighted by atomic mass is 10.1. The van der Waals surface area contributed by atoms with Gasteiger partial charge < -0.3 is 4.74 Å². The highest BCUT2D eigenvalue weighted by Gasteiger charge is 2.23. The van der Waals surface area contributed by atoms with Crippen LogP contribution in [0.1, 0.15) is 30.5 Å². The van der Waals surface area contributed by atoms with E-state index in [0.717, 1.165) is 27.9 Å². The number of tetrazole rings is 1. The molecule has 0 saturated heterocycles. The number of aromatic amines is 1. The van der Waals surface area contributed by atoms with Crippen LogP contribution in [0.4, 0.5) is 5.69 Å². The van der Waals surface area contributed by atoms with Gasteiger partial charge in [-0.15, -0.1) is 10.2 Å². The maximum atomic E-state index is 13.6. The zero-order valence-corrected chi connectivity index (χ0v) is 20.5. The fraction of sp³-hybridized carbons (Fsp3) is 0.280. The van der Waals surface area contributed by atoms with Gasteiger partial charge in [0.05, 0.1) is 5.69 Å². The van der Waals surface area contributed by atoms with Gasteiger partial charge in [0.1, 0.15) is 17.4 Å². The molecule has 2 heterocycles. The highest BCUT2D eigenvalue weighted by atomic mass is 32.2. The van der Waals surface area contributed by atoms with Crippen molar-refractivity contribution in [3.63, 3.8) is 0 Å². The van der Waals surface area contributed by atoms with Crippen LogP contribution in [0.15, 0.2) is 65.8 Å². The summed E-state index contributed by atoms with van der Waals surface area (Å²) in [4.78, 5) is 4.33. The number of aryl methyl sites for hydroxylation is 2. The third-order valence-corrected chi connectivity index (χ3v) is 6.69. The summed E-state index contributed by atoms with van der Waals surface area (Å²) in [6, 6.07) is 17.4. The number of ether oxygens (including phenoxy) is 1. The van der Waals surface area contributed by atoms with E-state index in [-0.39, 0.29) is 0 Å². The second-order valence-corrected chi connectivity index (χ2v) is 9.85. The lowest BCUT2D eigenvalue weighted by molar-refractivity contribution is 0.307. The maximum Gasteiger partial charge on any atom is 0.204 e. The minimum absolute atomic E-state index is 0.291. The van der Waals surface area contributed by atoms with Gasteiger partial charge >= 0.3 is 0 Å². The van der Waals surface area contributed by atoms with Crippen molar-refractivity contribution in [2.24, 2.45) is 5.92 Å². The van der Waals surface area contributed by atoms with E-state index in [4.69, 9.17) is 4.74 Å². The minimum Gasteiger partial charge on any atom is -0.487 e. The van der Waals surface area contributed by atoms with E-state index in [1.165, 1.54) is 0 Å². The quantitative estimate of drug-likeness (QED) is 0.378. The molecular formula is C25H28N6O2S. The monoisotopic (exact) mass is 476 g/mol. The first-order chi connectivity index (χ1) is 16.4. The Morgan fingerprint density at radius 1 is 1.06 bits per heavy atom. The summed E-state index contributed by atoms with van der Waals surface area (Å²) >= 11 is 0. The number of nitrogens with one attached hydrogen (secondary N) is 1. The molecule has 4 aromatic rings. The zero-order valence-electron chi connectivity index (χ0n) is 19.7. The molecule has 0 spiro atoms. The van der Waals surface area contributed by atoms with Crippen molar-refractivity contribution in [3.05, 3.63) is 77.5 Å². The topological polar surface area (TPSA) is 96.9 Å². The van der Waals surface area contributed by atoms with E-state index in [0.29, 0.717) is 35.7 Å². The van der Waals surface area contributed by atoms with Crippen molar-refractivity contribution in [2.75, 3.05) is 10.8 Å². The molecule has 2 aromatic carbocycles. The summed E-state index contributed by atoms with van der Waals surface area (Å²) in [5.41, 5.74) is 4.89. The van der Waals surface area contributed by atoms with Gasteiger partial charge in [-0.25, -0.2) is 9.19 Å². The number of H-pyrrole nitrogens is 1. The average molecular weight is 477 g/mol. The molecule has 0 amide bonds. The van der Waals surface area contributed by atoms with Crippen LogP contribution < -0.4 is 9.04 Å². The third kappa shape index (κ3) is 5.48. The van der Waals surface area contributed by atoms with Gasteiger partial charge in [-0.1, -0.05) is 44.2 Å². The fourth-order valence-electron chi connectivity index (χ4n) is 3.43. The van der Waals surface area contributed by atoms with Crippen LogP contribution in [0.25, 0.3) is 11.4 Å². The second-order valence-electron chi connectivity index (χ2n) is 8.50. The Kier molecular flexibility index (Phi) is 7.32. The number of benzene rings is 2. The van der Waals surface area contributed by atoms with Crippen LogP contribution >= 0.6 is 0 Å². The number of pyridine rings is 1. The van der Waals surface area contributed by atoms with E-state index in [9.17, 15) is 4.21 Å². The third-order valence-electron chi connectivity index (χ3n) is 5.34. The van der Waals surface area contributed by atoms with Gasteiger partial charge in [0, 0.05) is 18.3 Å². The Morgan fingerprint density at radius 2 is 1.82 bits per heavy atom. The standard InChI is InChI=1S/C25H28N6O2S/c1-17(2)15-31(34(32)24-7-5-6-12-26-24)22-13-18(3)19(4)14-23(22)33-16-20-8-10-21(11-9-20)25-27-29-30-28-25/h5-14,17H,15-16H2,1-4H3,(H,27,28,29,30). The summed E-state index contributed by atoms with van der Waals surface area (Å²) in [5, 5.41) is 14.6. The van der Waals surface area contributed by atoms with E-state index in [1.807, 2.05) is 59.8 Å². The van der Waals surface area contributed by atoms with Crippen molar-refractivity contribution in [1.82, 2.24) is 25.6 Å². The van der Waals surface area contributed by atoms with Crippen molar-refractivity contribution in [3.8, 4) is 17.1 Å². The lowest BCUT2D eigenvalue weighted by Gasteiger charge is -2.27. The number of anilines is 1. The van der Waals surface area contributed by atoms with Gasteiger partial charge in [0.25, 0.3) is 0 Å². The summed E-state index contributed by atoms with van der Waals surface area (Å²) in [6.45, 7) is 9.28. The first-order valence-electron chi connectivity index (χ1n) is 11.1. The molecule has 8 nitrogen and oxygen atoms in total. The first-order valence-corrected chi connectivity index (χ1v) is 12.2. The van der Waals surface area contributed by atoms with Crippen LogP contribution in [0.5, 0.6) is 5.75 Å². The lowest BCUT2D eigenvalue weighted by Crippen LogP contribution is -2.31. The van der Waals surface area contributed by atoms with Crippen LogP contribution in [-0.2, 0) is 17.6 Å². The average Bonchev–Trinajstić information content (AvgIpc) is 3.38. The Balaban J connectivity index is 1.62. The van der Waals surface area contributed by atoms with Crippen LogP contribution in [0.3, 0.4) is 0 Å². The molecule has 1 unspecified atom stereocenters. The van der Waals surface area contributed by atoms with E-state index in [2.05, 4.69) is 46.4 Å². The Hall–Kier alpha value is -3.59. The summed E-state index contributed by atoms with van der Waals surface area (Å²) < 4.78 is 21.7. The normalized spacial score (nSPS) is 12.0. The molecule has 9 heteroatoms. The van der Waals surface area contributed by atoms with E-state index in [1.54, 1.807) is 12.3 Å². The summed E-state index contributed by atoms with van der Waals surface area (Å²) in [5.74, 6) is 1.53. The molecule has 176 valence electrons. The van der Waals surface area contributed by atoms with Gasteiger partial charge in [-0.3, -0.25) is 4.31 Å². The van der Waals surface area contributed by atoms with Crippen LogP contribution in [-0.4, -0.2) is 36.4 Å². The largest absolute Gasteiger partial charge is 0.487 e. The molecule has 0 aliphatic heterocycles. The molecule has 2 aromatic heterocycles. The van der Waals surface area contributed by atoms with Gasteiger partial charge in [-0.05, 0) is 65.9 Å². The van der Waals surface area contributed by atoms with Gasteiger partial charge in [-0.2, -0.15) is 5.21 Å². The first kappa shape index (κ1) is 23.6. The smallest absolute Gasteiger partial charge is 0.204 e. The van der Waals surface area contributed by atoms with Crippen molar-refractivity contribution in [2.45, 2.75) is 39.3 Å². The molecule has 34 heavy (non-hydrogen) atoms. The van der Waals surface area contributed by atoms with Crippen molar-refractivity contribution in [1.29, 1.82) is 0 Å². The Labute approximate surface area is 202 Å². The van der Waals surface area contributed by atoms with Gasteiger partial charge in [0.2, 0.25) is 5.82 Å². The summed E-state index contributed by atoms with van der Waals surface area (Å²) in [7, 11) is -1.47. The number of aromatic nitrogens is 5. The second kappa shape index (κ2) is 10.6. The SMILES string of the molecule is Cc1cc(OCc2ccc(-c3nn[nH]n3)cc2)c(N(CC(C)C)S(=O)c2ccccn2)cc1C. The molecule has 0 radical (unpaired) electrons. The molecule has 0 aliphatic carbocycles. The van der Waals surface area contributed by atoms with Crippen molar-refractivity contribution >= 4 is 16.7 Å². The van der Waals surface area contributed by atoms with Crippen LogP contribution in [0.2, 0.25) is 0 Å². The van der Waals surface area contributed by atoms with Gasteiger partial charge in [0.15, 0.2) is 11.0 Å². The molecule has 4 rings (SSSR count). The molecule has 1 N–H and O–H groups in total. The van der Waals surface area contributed by atoms with Crippen LogP contribution in [0, 0.1) is 19.8 Å². The zero-order chi connectivity index (χ0) is 24.1. The number of rotatable bonds is 9. The molecule has 0 saturated carbocycles. The fourth-order valence-corrected chi connectivity index (χ4v) is 4.76. The highest BCUT2D eigenvalue weighted by Crippen LogP contribution is 2.35. The minimum atomic E-state index is -1.47. The number of hydrogen-bond acceptors (Lipinski definition) is 6. The van der Waals surface area contributed by atoms with E-state index >= 15 is 0 Å².